The van der Waals surface area contributed by atoms with Crippen molar-refractivity contribution in [1.29, 1.82) is 0 Å². The van der Waals surface area contributed by atoms with Crippen molar-refractivity contribution in [2.45, 2.75) is 105 Å². The number of rotatable bonds is 16. The van der Waals surface area contributed by atoms with E-state index >= 15 is 0 Å². The Kier molecular flexibility index (Phi) is 21.7. The molecule has 1 aliphatic rings. The van der Waals surface area contributed by atoms with Crippen LogP contribution < -0.4 is 4.74 Å². The number of ether oxygens (including phenoxy) is 1. The monoisotopic (exact) mass is 511 g/mol. The van der Waals surface area contributed by atoms with Gasteiger partial charge in [-0.3, -0.25) is 4.84 Å². The van der Waals surface area contributed by atoms with E-state index in [0.717, 1.165) is 49.8 Å². The molecule has 1 aliphatic carbocycles. The van der Waals surface area contributed by atoms with Crippen molar-refractivity contribution in [3.8, 4) is 5.75 Å². The molecule has 1 saturated carbocycles. The second kappa shape index (κ2) is 23.0. The highest BCUT2D eigenvalue weighted by molar-refractivity contribution is 5.35. The third-order valence-corrected chi connectivity index (χ3v) is 6.41. The fourth-order valence-electron chi connectivity index (χ4n) is 4.06. The van der Waals surface area contributed by atoms with Gasteiger partial charge in [-0.25, -0.2) is 0 Å². The van der Waals surface area contributed by atoms with E-state index < -0.39 is 0 Å². The highest BCUT2D eigenvalue weighted by Gasteiger charge is 2.27. The van der Waals surface area contributed by atoms with Crippen LogP contribution >= 0.6 is 0 Å². The number of unbranched alkanes of at least 4 members (excludes halogenated alkanes) is 1. The van der Waals surface area contributed by atoms with Gasteiger partial charge >= 0.3 is 0 Å². The average molecular weight is 512 g/mol. The summed E-state index contributed by atoms with van der Waals surface area (Å²) in [5.74, 6) is 1.81. The van der Waals surface area contributed by atoms with Gasteiger partial charge in [0.15, 0.2) is 0 Å². The second-order valence-electron chi connectivity index (χ2n) is 10.0. The van der Waals surface area contributed by atoms with E-state index in [1.807, 2.05) is 19.9 Å². The second-order valence-corrected chi connectivity index (χ2v) is 10.0. The standard InChI is InChI=1S/C24H41NO2.C7H10.C3H6/c1-5-10-22(11-6-2)19-25(23-12-9-13-23)27-17-8-7-16-26-24-18-20(3)14-15-21(24)4;1-4-6-7(3)5-2;1-3-2/h14-15,18,22-23H,5-13,16-17,19H2,1-4H3;4-6H,1-2H2,3H3;3H,1H2,2H3/b;7-6-;. The summed E-state index contributed by atoms with van der Waals surface area (Å²) in [6, 6.07) is 7.06. The van der Waals surface area contributed by atoms with Gasteiger partial charge in [0.05, 0.1) is 13.2 Å². The predicted molar refractivity (Wildman–Crippen MR) is 164 cm³/mol. The number of hydroxylamine groups is 2. The van der Waals surface area contributed by atoms with Crippen LogP contribution in [0.2, 0.25) is 0 Å². The highest BCUT2D eigenvalue weighted by Crippen LogP contribution is 2.27. The molecule has 0 unspecified atom stereocenters. The van der Waals surface area contributed by atoms with E-state index in [2.05, 4.69) is 70.7 Å². The first-order chi connectivity index (χ1) is 17.9. The van der Waals surface area contributed by atoms with Gasteiger partial charge in [0, 0.05) is 12.6 Å². The number of benzene rings is 1. The summed E-state index contributed by atoms with van der Waals surface area (Å²) in [7, 11) is 0. The quantitative estimate of drug-likeness (QED) is 0.0953. The van der Waals surface area contributed by atoms with Crippen molar-refractivity contribution >= 4 is 0 Å². The third kappa shape index (κ3) is 17.1. The van der Waals surface area contributed by atoms with Crippen LogP contribution in [0.4, 0.5) is 0 Å². The molecule has 2 rings (SSSR count). The van der Waals surface area contributed by atoms with Gasteiger partial charge in [-0.2, -0.15) is 5.06 Å². The lowest BCUT2D eigenvalue weighted by molar-refractivity contribution is -0.209. The minimum absolute atomic E-state index is 0.660. The Bertz CT molecular complexity index is 757. The first-order valence-electron chi connectivity index (χ1n) is 14.4. The van der Waals surface area contributed by atoms with Crippen LogP contribution in [0.5, 0.6) is 5.75 Å². The fourth-order valence-corrected chi connectivity index (χ4v) is 4.06. The van der Waals surface area contributed by atoms with Gasteiger partial charge in [0.1, 0.15) is 5.75 Å². The van der Waals surface area contributed by atoms with Gasteiger partial charge in [-0.05, 0) is 89.3 Å². The number of hydrogen-bond donors (Lipinski definition) is 0. The molecular weight excluding hydrogens is 454 g/mol. The third-order valence-electron chi connectivity index (χ3n) is 6.41. The van der Waals surface area contributed by atoms with Crippen molar-refractivity contribution < 1.29 is 9.57 Å². The largest absolute Gasteiger partial charge is 0.493 e. The first kappa shape index (κ1) is 34.9. The van der Waals surface area contributed by atoms with E-state index in [0.29, 0.717) is 6.04 Å². The molecular formula is C34H57NO2. The normalized spacial score (nSPS) is 13.1. The maximum Gasteiger partial charge on any atom is 0.122 e. The van der Waals surface area contributed by atoms with Crippen LogP contribution in [0.3, 0.4) is 0 Å². The summed E-state index contributed by atoms with van der Waals surface area (Å²) in [4.78, 5) is 6.24. The number of hydrogen-bond acceptors (Lipinski definition) is 3. The Morgan fingerprint density at radius 3 is 2.16 bits per heavy atom. The van der Waals surface area contributed by atoms with Gasteiger partial charge in [0.2, 0.25) is 0 Å². The lowest BCUT2D eigenvalue weighted by Crippen LogP contribution is -2.43. The van der Waals surface area contributed by atoms with E-state index in [9.17, 15) is 0 Å². The predicted octanol–water partition coefficient (Wildman–Crippen LogP) is 9.96. The maximum atomic E-state index is 6.24. The molecule has 0 atom stereocenters. The summed E-state index contributed by atoms with van der Waals surface area (Å²) < 4.78 is 5.96. The molecule has 0 spiro atoms. The summed E-state index contributed by atoms with van der Waals surface area (Å²) in [5.41, 5.74) is 3.62. The smallest absolute Gasteiger partial charge is 0.122 e. The Labute approximate surface area is 230 Å². The fraction of sp³-hybridized carbons (Fsp3) is 0.588. The van der Waals surface area contributed by atoms with Gasteiger partial charge in [-0.1, -0.05) is 88.3 Å². The molecule has 0 aromatic heterocycles. The molecule has 0 N–H and O–H groups in total. The van der Waals surface area contributed by atoms with Gasteiger partial charge in [-0.15, -0.1) is 6.58 Å². The summed E-state index contributed by atoms with van der Waals surface area (Å²) in [5, 5.41) is 2.34. The molecule has 3 nitrogen and oxygen atoms in total. The molecule has 0 bridgehead atoms. The molecule has 0 saturated heterocycles. The van der Waals surface area contributed by atoms with Crippen LogP contribution in [0.1, 0.15) is 96.6 Å². The van der Waals surface area contributed by atoms with Crippen LogP contribution in [0, 0.1) is 19.8 Å². The van der Waals surface area contributed by atoms with E-state index in [1.54, 1.807) is 18.2 Å². The highest BCUT2D eigenvalue weighted by atomic mass is 16.7. The Morgan fingerprint density at radius 2 is 1.68 bits per heavy atom. The molecule has 1 fully saturated rings. The number of allylic oxidation sites excluding steroid dienone is 5. The summed E-state index contributed by atoms with van der Waals surface area (Å²) in [6.45, 7) is 25.8. The van der Waals surface area contributed by atoms with Crippen molar-refractivity contribution in [2.75, 3.05) is 19.8 Å². The molecule has 210 valence electrons. The molecule has 1 aromatic rings. The molecule has 37 heavy (non-hydrogen) atoms. The van der Waals surface area contributed by atoms with Crippen molar-refractivity contribution in [3.63, 3.8) is 0 Å². The maximum absolute atomic E-state index is 6.24. The van der Waals surface area contributed by atoms with E-state index in [4.69, 9.17) is 9.57 Å². The zero-order valence-electron chi connectivity index (χ0n) is 25.1. The van der Waals surface area contributed by atoms with Crippen molar-refractivity contribution in [2.24, 2.45) is 5.92 Å². The van der Waals surface area contributed by atoms with Crippen LogP contribution in [0.15, 0.2) is 67.8 Å². The van der Waals surface area contributed by atoms with E-state index in [1.165, 1.54) is 56.1 Å². The van der Waals surface area contributed by atoms with Crippen molar-refractivity contribution in [3.05, 3.63) is 78.9 Å². The van der Waals surface area contributed by atoms with E-state index in [-0.39, 0.29) is 0 Å². The lowest BCUT2D eigenvalue weighted by atomic mass is 9.91. The zero-order chi connectivity index (χ0) is 27.9. The van der Waals surface area contributed by atoms with Gasteiger partial charge < -0.3 is 4.74 Å². The Balaban J connectivity index is 0.00000110. The first-order valence-corrected chi connectivity index (χ1v) is 14.4. The molecule has 0 heterocycles. The molecule has 1 aromatic carbocycles. The van der Waals surface area contributed by atoms with Crippen LogP contribution in [-0.2, 0) is 4.84 Å². The topological polar surface area (TPSA) is 21.7 Å². The van der Waals surface area contributed by atoms with Crippen molar-refractivity contribution in [1.82, 2.24) is 5.06 Å². The Morgan fingerprint density at radius 1 is 1.05 bits per heavy atom. The molecule has 0 amide bonds. The summed E-state index contributed by atoms with van der Waals surface area (Å²) in [6.07, 6.45) is 18.5. The molecule has 0 radical (unpaired) electrons. The SMILES string of the molecule is C=C/C=C(/C)C=C.C=CC.CCCC(CCC)CN(OCCCCOc1cc(C)ccc1C)C1CCC1. The minimum atomic E-state index is 0.660. The lowest BCUT2D eigenvalue weighted by Gasteiger charge is -2.38. The zero-order valence-corrected chi connectivity index (χ0v) is 25.1. The molecule has 0 aliphatic heterocycles. The average Bonchev–Trinajstić information content (AvgIpc) is 2.83. The number of nitrogens with zero attached hydrogens (tertiary/aromatic N) is 1. The van der Waals surface area contributed by atoms with Crippen LogP contribution in [-0.4, -0.2) is 30.9 Å². The minimum Gasteiger partial charge on any atom is -0.493 e. The Hall–Kier alpha value is -2.10. The molecule has 3 heteroatoms. The summed E-state index contributed by atoms with van der Waals surface area (Å²) >= 11 is 0. The number of aryl methyl sites for hydroxylation is 2. The van der Waals surface area contributed by atoms with Gasteiger partial charge in [0.25, 0.3) is 0 Å². The van der Waals surface area contributed by atoms with Crippen LogP contribution in [0.25, 0.3) is 0 Å².